The Labute approximate surface area is 138 Å². The predicted octanol–water partition coefficient (Wildman–Crippen LogP) is 2.42. The molecule has 6 nitrogen and oxygen atoms in total. The lowest BCUT2D eigenvalue weighted by molar-refractivity contribution is -0.154. The maximum Gasteiger partial charge on any atom is 0.259 e. The SMILES string of the molecule is CCO[C@@H](C=O)[C@@](C)(O)C(=O)Nc1ccc2[nH]c(C)c(Cl)c2c1. The minimum Gasteiger partial charge on any atom is -0.377 e. The van der Waals surface area contributed by atoms with Crippen molar-refractivity contribution in [2.45, 2.75) is 32.5 Å². The average molecular weight is 339 g/mol. The molecule has 7 heteroatoms. The molecule has 0 aliphatic carbocycles. The number of hydrogen-bond donors (Lipinski definition) is 3. The topological polar surface area (TPSA) is 91.4 Å². The molecule has 2 aromatic rings. The van der Waals surface area contributed by atoms with Crippen LogP contribution in [0.2, 0.25) is 5.02 Å². The fourth-order valence-corrected chi connectivity index (χ4v) is 2.48. The maximum absolute atomic E-state index is 12.3. The van der Waals surface area contributed by atoms with Gasteiger partial charge in [-0.15, -0.1) is 0 Å². The van der Waals surface area contributed by atoms with Crippen molar-refractivity contribution < 1.29 is 19.4 Å². The average Bonchev–Trinajstić information content (AvgIpc) is 2.79. The second kappa shape index (κ2) is 6.70. The highest BCUT2D eigenvalue weighted by Crippen LogP contribution is 2.29. The molecule has 0 fully saturated rings. The third-order valence-corrected chi connectivity index (χ3v) is 4.14. The zero-order chi connectivity index (χ0) is 17.2. The third-order valence-electron chi connectivity index (χ3n) is 3.65. The minimum atomic E-state index is -1.98. The summed E-state index contributed by atoms with van der Waals surface area (Å²) in [5.41, 5.74) is 0.154. The van der Waals surface area contributed by atoms with Crippen LogP contribution in [0.1, 0.15) is 19.5 Å². The first-order chi connectivity index (χ1) is 10.8. The fourth-order valence-electron chi connectivity index (χ4n) is 2.27. The number of ether oxygens (including phenoxy) is 1. The van der Waals surface area contributed by atoms with Crippen LogP contribution in [0.5, 0.6) is 0 Å². The molecule has 1 aromatic heterocycles. The number of aromatic amines is 1. The molecule has 0 unspecified atom stereocenters. The summed E-state index contributed by atoms with van der Waals surface area (Å²) < 4.78 is 5.10. The molecule has 1 heterocycles. The van der Waals surface area contributed by atoms with Gasteiger partial charge in [-0.05, 0) is 39.0 Å². The van der Waals surface area contributed by atoms with Crippen LogP contribution in [-0.2, 0) is 14.3 Å². The van der Waals surface area contributed by atoms with Crippen LogP contribution in [0.3, 0.4) is 0 Å². The van der Waals surface area contributed by atoms with Crippen LogP contribution in [0.15, 0.2) is 18.2 Å². The van der Waals surface area contributed by atoms with E-state index in [2.05, 4.69) is 10.3 Å². The second-order valence-electron chi connectivity index (χ2n) is 5.44. The number of aldehydes is 1. The van der Waals surface area contributed by atoms with E-state index in [1.165, 1.54) is 6.92 Å². The largest absolute Gasteiger partial charge is 0.377 e. The Hall–Kier alpha value is -1.89. The van der Waals surface area contributed by atoms with E-state index in [9.17, 15) is 14.7 Å². The van der Waals surface area contributed by atoms with Gasteiger partial charge < -0.3 is 24.9 Å². The van der Waals surface area contributed by atoms with Crippen LogP contribution in [0, 0.1) is 6.92 Å². The smallest absolute Gasteiger partial charge is 0.259 e. The van der Waals surface area contributed by atoms with Gasteiger partial charge in [0.1, 0.15) is 6.10 Å². The van der Waals surface area contributed by atoms with E-state index in [1.807, 2.05) is 6.92 Å². The molecule has 1 aromatic carbocycles. The van der Waals surface area contributed by atoms with E-state index >= 15 is 0 Å². The Morgan fingerprint density at radius 3 is 2.87 bits per heavy atom. The number of rotatable bonds is 6. The first kappa shape index (κ1) is 17.5. The van der Waals surface area contributed by atoms with Gasteiger partial charge >= 0.3 is 0 Å². The molecular weight excluding hydrogens is 320 g/mol. The first-order valence-electron chi connectivity index (χ1n) is 7.19. The van der Waals surface area contributed by atoms with Gasteiger partial charge in [0.25, 0.3) is 5.91 Å². The second-order valence-corrected chi connectivity index (χ2v) is 5.82. The molecule has 1 amide bonds. The zero-order valence-electron chi connectivity index (χ0n) is 13.1. The molecule has 0 aliphatic heterocycles. The molecule has 23 heavy (non-hydrogen) atoms. The monoisotopic (exact) mass is 338 g/mol. The highest BCUT2D eigenvalue weighted by molar-refractivity contribution is 6.36. The van der Waals surface area contributed by atoms with E-state index in [-0.39, 0.29) is 6.61 Å². The van der Waals surface area contributed by atoms with Gasteiger partial charge in [-0.2, -0.15) is 0 Å². The van der Waals surface area contributed by atoms with Gasteiger partial charge in [-0.3, -0.25) is 4.79 Å². The zero-order valence-corrected chi connectivity index (χ0v) is 13.9. The fraction of sp³-hybridized carbons (Fsp3) is 0.375. The van der Waals surface area contributed by atoms with Gasteiger partial charge in [-0.1, -0.05) is 11.6 Å². The Balaban J connectivity index is 2.25. The standard InChI is InChI=1S/C16H19ClN2O4/c1-4-23-13(8-20)16(3,22)15(21)19-10-5-6-12-11(7-10)14(17)9(2)18-12/h5-8,13,18,22H,4H2,1-3H3,(H,19,21)/t13-,16+/m0/s1. The summed E-state index contributed by atoms with van der Waals surface area (Å²) in [5.74, 6) is -0.731. The Morgan fingerprint density at radius 1 is 1.57 bits per heavy atom. The summed E-state index contributed by atoms with van der Waals surface area (Å²) >= 11 is 6.19. The lowest BCUT2D eigenvalue weighted by atomic mass is 9.98. The molecule has 0 saturated carbocycles. The Morgan fingerprint density at radius 2 is 2.26 bits per heavy atom. The van der Waals surface area contributed by atoms with Crippen LogP contribution in [-0.4, -0.2) is 40.6 Å². The quantitative estimate of drug-likeness (QED) is 0.705. The third kappa shape index (κ3) is 3.39. The van der Waals surface area contributed by atoms with Gasteiger partial charge in [0.2, 0.25) is 0 Å². The molecule has 2 atom stereocenters. The first-order valence-corrected chi connectivity index (χ1v) is 7.57. The van der Waals surface area contributed by atoms with Crippen molar-refractivity contribution in [2.75, 3.05) is 11.9 Å². The van der Waals surface area contributed by atoms with Crippen molar-refractivity contribution in [1.82, 2.24) is 4.98 Å². The number of amides is 1. The molecule has 124 valence electrons. The minimum absolute atomic E-state index is 0.205. The van der Waals surface area contributed by atoms with E-state index in [0.717, 1.165) is 16.6 Å². The lowest BCUT2D eigenvalue weighted by Crippen LogP contribution is -2.51. The van der Waals surface area contributed by atoms with Gasteiger partial charge in [0, 0.05) is 28.9 Å². The highest BCUT2D eigenvalue weighted by atomic mass is 35.5. The van der Waals surface area contributed by atoms with E-state index < -0.39 is 17.6 Å². The molecular formula is C16H19ClN2O4. The number of fused-ring (bicyclic) bond motifs is 1. The van der Waals surface area contributed by atoms with Crippen molar-refractivity contribution in [2.24, 2.45) is 0 Å². The van der Waals surface area contributed by atoms with Crippen molar-refractivity contribution in [1.29, 1.82) is 0 Å². The number of H-pyrrole nitrogens is 1. The number of benzene rings is 1. The van der Waals surface area contributed by atoms with Crippen molar-refractivity contribution in [3.05, 3.63) is 28.9 Å². The molecule has 0 aliphatic rings. The van der Waals surface area contributed by atoms with Gasteiger partial charge in [0.15, 0.2) is 11.9 Å². The van der Waals surface area contributed by atoms with E-state index in [1.54, 1.807) is 25.1 Å². The summed E-state index contributed by atoms with van der Waals surface area (Å²) in [4.78, 5) is 26.5. The summed E-state index contributed by atoms with van der Waals surface area (Å²) in [6, 6.07) is 5.16. The van der Waals surface area contributed by atoms with Crippen LogP contribution >= 0.6 is 11.6 Å². The van der Waals surface area contributed by atoms with Crippen molar-refractivity contribution in [3.63, 3.8) is 0 Å². The highest BCUT2D eigenvalue weighted by Gasteiger charge is 2.40. The molecule has 0 spiro atoms. The van der Waals surface area contributed by atoms with E-state index in [4.69, 9.17) is 16.3 Å². The number of nitrogens with one attached hydrogen (secondary N) is 2. The number of carbonyl (C=O) groups excluding carboxylic acids is 2. The van der Waals surface area contributed by atoms with Crippen LogP contribution in [0.4, 0.5) is 5.69 Å². The molecule has 0 bridgehead atoms. The number of aliphatic hydroxyl groups is 1. The number of anilines is 1. The predicted molar refractivity (Wildman–Crippen MR) is 88.8 cm³/mol. The summed E-state index contributed by atoms with van der Waals surface area (Å²) in [6.07, 6.45) is -0.826. The Kier molecular flexibility index (Phi) is 5.09. The number of carbonyl (C=O) groups is 2. The van der Waals surface area contributed by atoms with Crippen molar-refractivity contribution >= 4 is 40.4 Å². The van der Waals surface area contributed by atoms with Gasteiger partial charge in [-0.25, -0.2) is 0 Å². The number of halogens is 1. The number of aromatic nitrogens is 1. The summed E-state index contributed by atoms with van der Waals surface area (Å²) in [7, 11) is 0. The van der Waals surface area contributed by atoms with E-state index in [0.29, 0.717) is 17.0 Å². The number of aryl methyl sites for hydroxylation is 1. The molecule has 0 radical (unpaired) electrons. The van der Waals surface area contributed by atoms with Crippen LogP contribution < -0.4 is 5.32 Å². The number of hydrogen-bond acceptors (Lipinski definition) is 4. The Bertz CT molecular complexity index is 739. The summed E-state index contributed by atoms with van der Waals surface area (Å²) in [6.45, 7) is 4.97. The van der Waals surface area contributed by atoms with Gasteiger partial charge in [0.05, 0.1) is 5.02 Å². The summed E-state index contributed by atoms with van der Waals surface area (Å²) in [5, 5.41) is 14.2. The normalized spacial score (nSPS) is 15.2. The molecule has 2 rings (SSSR count). The van der Waals surface area contributed by atoms with Crippen LogP contribution in [0.25, 0.3) is 10.9 Å². The lowest BCUT2D eigenvalue weighted by Gasteiger charge is -2.27. The maximum atomic E-state index is 12.3. The molecule has 3 N–H and O–H groups in total. The molecule has 0 saturated heterocycles. The van der Waals surface area contributed by atoms with Crippen molar-refractivity contribution in [3.8, 4) is 0 Å².